The first kappa shape index (κ1) is 24.5. The summed E-state index contributed by atoms with van der Waals surface area (Å²) in [6.45, 7) is 5.53. The highest BCUT2D eigenvalue weighted by Crippen LogP contribution is 2.57. The third kappa shape index (κ3) is 3.79. The second-order valence-electron chi connectivity index (χ2n) is 9.80. The number of carbonyl (C=O) groups excluding carboxylic acids is 4. The molecule has 3 aliphatic rings. The molecule has 9 nitrogen and oxygen atoms in total. The van der Waals surface area contributed by atoms with E-state index in [0.29, 0.717) is 24.1 Å². The van der Waals surface area contributed by atoms with Gasteiger partial charge in [0, 0.05) is 24.1 Å². The number of fused-ring (bicyclic) bond motifs is 3. The van der Waals surface area contributed by atoms with Gasteiger partial charge in [0.15, 0.2) is 5.78 Å². The van der Waals surface area contributed by atoms with E-state index in [0.717, 1.165) is 6.42 Å². The molecule has 186 valence electrons. The molecule has 9 heteroatoms. The number of nitrogens with two attached hydrogens (primary N) is 1. The van der Waals surface area contributed by atoms with Crippen molar-refractivity contribution in [2.24, 2.45) is 11.1 Å². The number of unbranched alkanes of at least 4 members (excludes halogenated alkanes) is 1. The van der Waals surface area contributed by atoms with Crippen molar-refractivity contribution in [3.8, 4) is 0 Å². The van der Waals surface area contributed by atoms with Crippen LogP contribution in [0.5, 0.6) is 0 Å². The van der Waals surface area contributed by atoms with Gasteiger partial charge >= 0.3 is 11.9 Å². The fourth-order valence-corrected chi connectivity index (χ4v) is 5.19. The Balaban J connectivity index is 1.99. The Bertz CT molecular complexity index is 1180. The maximum Gasteiger partial charge on any atom is 0.341 e. The number of anilines is 1. The van der Waals surface area contributed by atoms with Crippen LogP contribution < -0.4 is 10.6 Å². The fourth-order valence-electron chi connectivity index (χ4n) is 5.19. The Morgan fingerprint density at radius 3 is 2.57 bits per heavy atom. The third-order valence-corrected chi connectivity index (χ3v) is 6.68. The summed E-state index contributed by atoms with van der Waals surface area (Å²) in [5.74, 6) is -2.45. The molecule has 0 bridgehead atoms. The zero-order valence-electron chi connectivity index (χ0n) is 20.4. The molecule has 0 radical (unpaired) electrons. The van der Waals surface area contributed by atoms with Crippen LogP contribution in [0.25, 0.3) is 0 Å². The molecule has 0 fully saturated rings. The largest absolute Gasteiger partial charge is 0.468 e. The first-order valence-electron chi connectivity index (χ1n) is 11.7. The Morgan fingerprint density at radius 2 is 1.89 bits per heavy atom. The fraction of sp³-hybridized carbons (Fsp3) is 0.462. The molecule has 0 saturated carbocycles. The number of hydrogen-bond donors (Lipinski definition) is 1. The summed E-state index contributed by atoms with van der Waals surface area (Å²) in [5, 5.41) is 0. The summed E-state index contributed by atoms with van der Waals surface area (Å²) in [5.41, 5.74) is 4.64. The van der Waals surface area contributed by atoms with Gasteiger partial charge in [-0.25, -0.2) is 4.79 Å². The van der Waals surface area contributed by atoms with Crippen LogP contribution in [0.2, 0.25) is 0 Å². The van der Waals surface area contributed by atoms with Crippen molar-refractivity contribution in [2.75, 3.05) is 25.2 Å². The van der Waals surface area contributed by atoms with Crippen LogP contribution in [-0.4, -0.2) is 43.9 Å². The molecule has 2 N–H and O–H groups in total. The summed E-state index contributed by atoms with van der Waals surface area (Å²) >= 11 is 0. The van der Waals surface area contributed by atoms with Gasteiger partial charge < -0.3 is 19.9 Å². The Hall–Kier alpha value is -3.62. The topological polar surface area (TPSA) is 125 Å². The third-order valence-electron chi connectivity index (χ3n) is 6.68. The number of benzene rings is 1. The smallest absolute Gasteiger partial charge is 0.341 e. The lowest BCUT2D eigenvalue weighted by Crippen LogP contribution is -2.53. The van der Waals surface area contributed by atoms with Crippen LogP contribution in [-0.2, 0) is 38.8 Å². The summed E-state index contributed by atoms with van der Waals surface area (Å²) < 4.78 is 16.2. The number of allylic oxidation sites excluding steroid dienone is 1. The minimum absolute atomic E-state index is 0.0817. The average molecular weight is 483 g/mol. The van der Waals surface area contributed by atoms with Crippen molar-refractivity contribution in [1.29, 1.82) is 0 Å². The van der Waals surface area contributed by atoms with Gasteiger partial charge in [-0.05, 0) is 17.9 Å². The number of esters is 2. The molecule has 1 aromatic carbocycles. The Morgan fingerprint density at radius 1 is 1.17 bits per heavy atom. The van der Waals surface area contributed by atoms with Crippen molar-refractivity contribution in [2.45, 2.75) is 51.9 Å². The number of nitrogens with zero attached hydrogens (tertiary/aromatic N) is 1. The van der Waals surface area contributed by atoms with Crippen molar-refractivity contribution in [1.82, 2.24) is 0 Å². The summed E-state index contributed by atoms with van der Waals surface area (Å²) in [4.78, 5) is 54.9. The van der Waals surface area contributed by atoms with Crippen LogP contribution >= 0.6 is 0 Å². The molecule has 0 saturated heterocycles. The van der Waals surface area contributed by atoms with E-state index in [4.69, 9.17) is 19.9 Å². The second kappa shape index (κ2) is 8.87. The molecular weight excluding hydrogens is 452 g/mol. The maximum atomic E-state index is 14.3. The first-order valence-corrected chi connectivity index (χ1v) is 11.7. The summed E-state index contributed by atoms with van der Waals surface area (Å²) in [7, 11) is 1.22. The first-order chi connectivity index (χ1) is 16.6. The van der Waals surface area contributed by atoms with Crippen molar-refractivity contribution in [3.63, 3.8) is 0 Å². The SMILES string of the molecule is CCCCOC(=O)C1=C(N)OC2=C(C(=O)CC(C)(C)C2)[C@]12C(=O)N(CC(=O)OC)c1ccccc12. The zero-order chi connectivity index (χ0) is 25.5. The van der Waals surface area contributed by atoms with Crippen LogP contribution in [0.4, 0.5) is 5.69 Å². The summed E-state index contributed by atoms with van der Waals surface area (Å²) in [6, 6.07) is 6.75. The van der Waals surface area contributed by atoms with Gasteiger partial charge in [-0.2, -0.15) is 0 Å². The lowest BCUT2D eigenvalue weighted by atomic mass is 9.62. The predicted octanol–water partition coefficient (Wildman–Crippen LogP) is 2.63. The number of amides is 1. The van der Waals surface area contributed by atoms with Crippen LogP contribution in [0.1, 0.15) is 52.0 Å². The molecule has 1 spiro atoms. The predicted molar refractivity (Wildman–Crippen MR) is 126 cm³/mol. The molecular formula is C26H30N2O7. The van der Waals surface area contributed by atoms with E-state index in [2.05, 4.69) is 0 Å². The van der Waals surface area contributed by atoms with E-state index >= 15 is 0 Å². The van der Waals surface area contributed by atoms with Gasteiger partial charge in [-0.15, -0.1) is 0 Å². The van der Waals surface area contributed by atoms with Gasteiger partial charge in [-0.1, -0.05) is 45.4 Å². The molecule has 4 rings (SSSR count). The minimum Gasteiger partial charge on any atom is -0.468 e. The van der Waals surface area contributed by atoms with E-state index in [1.165, 1.54) is 12.0 Å². The zero-order valence-corrected chi connectivity index (χ0v) is 20.4. The van der Waals surface area contributed by atoms with Crippen molar-refractivity contribution < 1.29 is 33.4 Å². The Kier molecular flexibility index (Phi) is 6.21. The van der Waals surface area contributed by atoms with Crippen LogP contribution in [0.3, 0.4) is 0 Å². The van der Waals surface area contributed by atoms with Gasteiger partial charge in [0.1, 0.15) is 23.3 Å². The number of ether oxygens (including phenoxy) is 3. The molecule has 0 aromatic heterocycles. The maximum absolute atomic E-state index is 14.3. The minimum atomic E-state index is -1.88. The van der Waals surface area contributed by atoms with Gasteiger partial charge in [0.2, 0.25) is 11.8 Å². The van der Waals surface area contributed by atoms with E-state index in [1.807, 2.05) is 20.8 Å². The lowest BCUT2D eigenvalue weighted by molar-refractivity contribution is -0.142. The molecule has 1 amide bonds. The molecule has 0 unspecified atom stereocenters. The van der Waals surface area contributed by atoms with Gasteiger partial charge in [0.05, 0.1) is 19.3 Å². The Labute approximate surface area is 203 Å². The van der Waals surface area contributed by atoms with Gasteiger partial charge in [-0.3, -0.25) is 19.3 Å². The number of methoxy groups -OCH3 is 1. The quantitative estimate of drug-likeness (QED) is 0.485. The number of rotatable bonds is 6. The standard InChI is InChI=1S/C26H30N2O7/c1-5-6-11-34-23(31)21-22(27)35-18-13-25(2,3)12-17(29)20(18)26(21)15-9-7-8-10-16(15)28(24(26)32)14-19(30)33-4/h7-10H,5-6,11-14,27H2,1-4H3/t26-/m0/s1. The van der Waals surface area contributed by atoms with E-state index in [1.54, 1.807) is 24.3 Å². The number of ketones is 1. The van der Waals surface area contributed by atoms with Crippen molar-refractivity contribution in [3.05, 3.63) is 52.6 Å². The number of Topliss-reactive ketones (excluding diaryl/α,β-unsaturated/α-hetero) is 1. The molecule has 1 atom stereocenters. The molecule has 2 aliphatic heterocycles. The molecule has 35 heavy (non-hydrogen) atoms. The van der Waals surface area contributed by atoms with Crippen molar-refractivity contribution >= 4 is 29.3 Å². The molecule has 1 aromatic rings. The number of hydrogen-bond acceptors (Lipinski definition) is 8. The molecule has 2 heterocycles. The second-order valence-corrected chi connectivity index (χ2v) is 9.80. The lowest BCUT2D eigenvalue weighted by Gasteiger charge is -2.42. The highest BCUT2D eigenvalue weighted by Gasteiger charge is 2.64. The highest BCUT2D eigenvalue weighted by atomic mass is 16.5. The van der Waals surface area contributed by atoms with Gasteiger partial charge in [0.25, 0.3) is 0 Å². The summed E-state index contributed by atoms with van der Waals surface area (Å²) in [6.07, 6.45) is 1.91. The van der Waals surface area contributed by atoms with Crippen LogP contribution in [0.15, 0.2) is 47.1 Å². The number of para-hydroxylation sites is 1. The monoisotopic (exact) mass is 482 g/mol. The number of carbonyl (C=O) groups is 4. The highest BCUT2D eigenvalue weighted by molar-refractivity contribution is 6.24. The average Bonchev–Trinajstić information content (AvgIpc) is 3.01. The van der Waals surface area contributed by atoms with Crippen LogP contribution in [0, 0.1) is 5.41 Å². The molecule has 1 aliphatic carbocycles. The normalized spacial score (nSPS) is 22.7. The van der Waals surface area contributed by atoms with E-state index < -0.39 is 35.2 Å². The van der Waals surface area contributed by atoms with E-state index in [9.17, 15) is 19.2 Å². The van der Waals surface area contributed by atoms with E-state index in [-0.39, 0.29) is 41.6 Å².